The van der Waals surface area contributed by atoms with Gasteiger partial charge in [0.15, 0.2) is 0 Å². The van der Waals surface area contributed by atoms with Gasteiger partial charge in [0.1, 0.15) is 5.75 Å². The Bertz CT molecular complexity index is 1090. The van der Waals surface area contributed by atoms with E-state index >= 15 is 0 Å². The molecule has 3 aromatic rings. The molecule has 0 atom stereocenters. The zero-order valence-corrected chi connectivity index (χ0v) is 18.6. The van der Waals surface area contributed by atoms with E-state index in [1.807, 2.05) is 30.3 Å². The van der Waals surface area contributed by atoms with Gasteiger partial charge in [-0.25, -0.2) is 0 Å². The lowest BCUT2D eigenvalue weighted by molar-refractivity contribution is -0.124. The van der Waals surface area contributed by atoms with E-state index in [9.17, 15) is 14.4 Å². The molecule has 0 aromatic heterocycles. The Morgan fingerprint density at radius 2 is 1.42 bits per heavy atom. The molecule has 0 spiro atoms. The van der Waals surface area contributed by atoms with Crippen molar-refractivity contribution in [1.82, 2.24) is 10.9 Å². The lowest BCUT2D eigenvalue weighted by Gasteiger charge is -2.10. The van der Waals surface area contributed by atoms with Crippen molar-refractivity contribution in [2.45, 2.75) is 19.3 Å². The summed E-state index contributed by atoms with van der Waals surface area (Å²) in [5, 5.41) is 3.05. The number of ether oxygens (including phenoxy) is 1. The molecule has 33 heavy (non-hydrogen) atoms. The summed E-state index contributed by atoms with van der Waals surface area (Å²) in [6.07, 6.45) is 0.637. The van der Waals surface area contributed by atoms with Gasteiger partial charge in [0.25, 0.3) is 5.91 Å². The minimum Gasteiger partial charge on any atom is -0.493 e. The summed E-state index contributed by atoms with van der Waals surface area (Å²) < 4.78 is 5.70. The Labute approximate surface area is 197 Å². The number of hydrogen-bond donors (Lipinski definition) is 3. The van der Waals surface area contributed by atoms with Gasteiger partial charge in [0.2, 0.25) is 11.8 Å². The number of hydrogen-bond acceptors (Lipinski definition) is 4. The number of amides is 3. The predicted octanol–water partition coefficient (Wildman–Crippen LogP) is 4.14. The monoisotopic (exact) mass is 465 g/mol. The summed E-state index contributed by atoms with van der Waals surface area (Å²) in [4.78, 5) is 36.1. The van der Waals surface area contributed by atoms with Crippen LogP contribution in [0.5, 0.6) is 5.75 Å². The normalized spacial score (nSPS) is 10.2. The van der Waals surface area contributed by atoms with Crippen LogP contribution in [0.1, 0.15) is 28.8 Å². The van der Waals surface area contributed by atoms with Gasteiger partial charge in [-0.3, -0.25) is 25.2 Å². The van der Waals surface area contributed by atoms with Crippen LogP contribution in [0.3, 0.4) is 0 Å². The SMILES string of the molecule is O=C(CCC(=O)Nc1ccccc1Cl)NNC(=O)c1ccc(OCCc2ccccc2)cc1. The number of anilines is 1. The first-order valence-electron chi connectivity index (χ1n) is 10.4. The van der Waals surface area contributed by atoms with Crippen LogP contribution in [0.2, 0.25) is 5.02 Å². The molecule has 0 radical (unpaired) electrons. The first kappa shape index (κ1) is 23.8. The number of halogens is 1. The standard InChI is InChI=1S/C25H24ClN3O4/c26-21-8-4-5-9-22(21)27-23(30)14-15-24(31)28-29-25(32)19-10-12-20(13-11-19)33-17-16-18-6-2-1-3-7-18/h1-13H,14-17H2,(H,27,30)(H,28,31)(H,29,32). The number of benzene rings is 3. The first-order chi connectivity index (χ1) is 16.0. The highest BCUT2D eigenvalue weighted by molar-refractivity contribution is 6.33. The van der Waals surface area contributed by atoms with Crippen molar-refractivity contribution in [1.29, 1.82) is 0 Å². The van der Waals surface area contributed by atoms with Crippen LogP contribution in [0, 0.1) is 0 Å². The first-order valence-corrected chi connectivity index (χ1v) is 10.8. The van der Waals surface area contributed by atoms with E-state index in [-0.39, 0.29) is 18.7 Å². The van der Waals surface area contributed by atoms with Crippen molar-refractivity contribution >= 4 is 35.0 Å². The van der Waals surface area contributed by atoms with E-state index in [2.05, 4.69) is 16.2 Å². The van der Waals surface area contributed by atoms with Crippen molar-refractivity contribution in [2.24, 2.45) is 0 Å². The molecule has 3 aromatic carbocycles. The minimum absolute atomic E-state index is 0.0536. The summed E-state index contributed by atoms with van der Waals surface area (Å²) >= 11 is 5.98. The van der Waals surface area contributed by atoms with E-state index in [1.165, 1.54) is 5.56 Å². The molecular weight excluding hydrogens is 442 g/mol. The summed E-state index contributed by atoms with van der Waals surface area (Å²) in [5.41, 5.74) is 6.66. The van der Waals surface area contributed by atoms with Gasteiger partial charge in [-0.2, -0.15) is 0 Å². The topological polar surface area (TPSA) is 96.5 Å². The Morgan fingerprint density at radius 3 is 2.15 bits per heavy atom. The molecule has 0 heterocycles. The van der Waals surface area contributed by atoms with Crippen LogP contribution in [-0.2, 0) is 16.0 Å². The molecule has 3 rings (SSSR count). The fourth-order valence-corrected chi connectivity index (χ4v) is 3.08. The van der Waals surface area contributed by atoms with Crippen LogP contribution in [-0.4, -0.2) is 24.3 Å². The van der Waals surface area contributed by atoms with Gasteiger partial charge in [-0.05, 0) is 42.0 Å². The van der Waals surface area contributed by atoms with Crippen molar-refractivity contribution in [3.05, 3.63) is 95.0 Å². The van der Waals surface area contributed by atoms with E-state index in [0.29, 0.717) is 28.6 Å². The third-order valence-corrected chi connectivity index (χ3v) is 4.99. The molecule has 0 fully saturated rings. The summed E-state index contributed by atoms with van der Waals surface area (Å²) in [6, 6.07) is 23.4. The van der Waals surface area contributed by atoms with Crippen LogP contribution in [0.15, 0.2) is 78.9 Å². The summed E-state index contributed by atoms with van der Waals surface area (Å²) in [6.45, 7) is 0.523. The average molecular weight is 466 g/mol. The minimum atomic E-state index is -0.487. The summed E-state index contributed by atoms with van der Waals surface area (Å²) in [5.74, 6) is -0.665. The van der Waals surface area contributed by atoms with Crippen molar-refractivity contribution < 1.29 is 19.1 Å². The average Bonchev–Trinajstić information content (AvgIpc) is 2.84. The molecule has 0 aliphatic rings. The number of nitrogens with one attached hydrogen (secondary N) is 3. The second-order valence-corrected chi connectivity index (χ2v) is 7.55. The summed E-state index contributed by atoms with van der Waals surface area (Å²) in [7, 11) is 0. The number of carbonyl (C=O) groups is 3. The third-order valence-electron chi connectivity index (χ3n) is 4.66. The molecule has 170 valence electrons. The largest absolute Gasteiger partial charge is 0.493 e. The molecule has 0 unspecified atom stereocenters. The van der Waals surface area contributed by atoms with Gasteiger partial charge in [-0.1, -0.05) is 54.1 Å². The molecule has 8 heteroatoms. The van der Waals surface area contributed by atoms with Crippen LogP contribution >= 0.6 is 11.6 Å². The highest BCUT2D eigenvalue weighted by Crippen LogP contribution is 2.20. The lowest BCUT2D eigenvalue weighted by atomic mass is 10.2. The maximum absolute atomic E-state index is 12.2. The number of carbonyl (C=O) groups excluding carboxylic acids is 3. The zero-order valence-electron chi connectivity index (χ0n) is 17.8. The maximum Gasteiger partial charge on any atom is 0.269 e. The Balaban J connectivity index is 1.36. The van der Waals surface area contributed by atoms with E-state index in [0.717, 1.165) is 6.42 Å². The molecular formula is C25H24ClN3O4. The van der Waals surface area contributed by atoms with Gasteiger partial charge in [-0.15, -0.1) is 0 Å². The molecule has 3 N–H and O–H groups in total. The van der Waals surface area contributed by atoms with Gasteiger partial charge < -0.3 is 10.1 Å². The fourth-order valence-electron chi connectivity index (χ4n) is 2.90. The molecule has 0 saturated carbocycles. The van der Waals surface area contributed by atoms with Crippen LogP contribution in [0.25, 0.3) is 0 Å². The van der Waals surface area contributed by atoms with Crippen molar-refractivity contribution in [3.8, 4) is 5.75 Å². The second kappa shape index (κ2) is 12.3. The second-order valence-electron chi connectivity index (χ2n) is 7.14. The number of para-hydroxylation sites is 1. The maximum atomic E-state index is 12.2. The molecule has 0 aliphatic heterocycles. The smallest absolute Gasteiger partial charge is 0.269 e. The number of rotatable bonds is 9. The third kappa shape index (κ3) is 7.97. The lowest BCUT2D eigenvalue weighted by Crippen LogP contribution is -2.41. The van der Waals surface area contributed by atoms with Gasteiger partial charge in [0.05, 0.1) is 17.3 Å². The highest BCUT2D eigenvalue weighted by atomic mass is 35.5. The van der Waals surface area contributed by atoms with Crippen molar-refractivity contribution in [3.63, 3.8) is 0 Å². The molecule has 0 saturated heterocycles. The zero-order chi connectivity index (χ0) is 23.5. The Kier molecular flexibility index (Phi) is 8.85. The highest BCUT2D eigenvalue weighted by Gasteiger charge is 2.11. The van der Waals surface area contributed by atoms with Gasteiger partial charge in [0, 0.05) is 24.8 Å². The molecule has 3 amide bonds. The van der Waals surface area contributed by atoms with E-state index in [4.69, 9.17) is 16.3 Å². The number of hydrazine groups is 1. The van der Waals surface area contributed by atoms with Crippen LogP contribution in [0.4, 0.5) is 5.69 Å². The van der Waals surface area contributed by atoms with Crippen LogP contribution < -0.4 is 20.9 Å². The van der Waals surface area contributed by atoms with Gasteiger partial charge >= 0.3 is 0 Å². The van der Waals surface area contributed by atoms with E-state index < -0.39 is 11.8 Å². The quantitative estimate of drug-likeness (QED) is 0.414. The van der Waals surface area contributed by atoms with E-state index in [1.54, 1.807) is 48.5 Å². The molecule has 7 nitrogen and oxygen atoms in total. The Hall–Kier alpha value is -3.84. The fraction of sp³-hybridized carbons (Fsp3) is 0.160. The predicted molar refractivity (Wildman–Crippen MR) is 127 cm³/mol. The molecule has 0 bridgehead atoms. The Morgan fingerprint density at radius 1 is 0.758 bits per heavy atom. The molecule has 0 aliphatic carbocycles. The van der Waals surface area contributed by atoms with Crippen molar-refractivity contribution in [2.75, 3.05) is 11.9 Å².